The highest BCUT2D eigenvalue weighted by molar-refractivity contribution is 5.91. The Kier molecular flexibility index (Phi) is 4.68. The molecule has 20 heavy (non-hydrogen) atoms. The largest absolute Gasteiger partial charge is 0.465 e. The van der Waals surface area contributed by atoms with Crippen LogP contribution in [0.3, 0.4) is 0 Å². The van der Waals surface area contributed by atoms with E-state index in [4.69, 9.17) is 9.47 Å². The Bertz CT molecular complexity index is 599. The molecule has 2 rings (SSSR count). The van der Waals surface area contributed by atoms with Crippen molar-refractivity contribution in [2.24, 2.45) is 0 Å². The molecule has 0 aliphatic rings. The summed E-state index contributed by atoms with van der Waals surface area (Å²) in [5, 5.41) is 3.07. The summed E-state index contributed by atoms with van der Waals surface area (Å²) in [5.74, 6) is 0.391. The second-order valence-electron chi connectivity index (χ2n) is 4.13. The van der Waals surface area contributed by atoms with Gasteiger partial charge >= 0.3 is 5.97 Å². The van der Waals surface area contributed by atoms with Crippen molar-refractivity contribution in [3.05, 3.63) is 53.7 Å². The van der Waals surface area contributed by atoms with Gasteiger partial charge in [0.15, 0.2) is 0 Å². The number of hydrogen-bond acceptors (Lipinski definition) is 5. The van der Waals surface area contributed by atoms with Crippen molar-refractivity contribution < 1.29 is 14.3 Å². The van der Waals surface area contributed by atoms with Crippen molar-refractivity contribution in [2.45, 2.75) is 6.54 Å². The molecule has 0 atom stereocenters. The molecule has 5 nitrogen and oxygen atoms in total. The van der Waals surface area contributed by atoms with Crippen molar-refractivity contribution in [1.29, 1.82) is 0 Å². The van der Waals surface area contributed by atoms with Crippen LogP contribution in [0.4, 0.5) is 0 Å². The fraction of sp³-hybridized carbons (Fsp3) is 0.200. The van der Waals surface area contributed by atoms with Crippen LogP contribution in [0.5, 0.6) is 11.6 Å². The quantitative estimate of drug-likeness (QED) is 0.847. The summed E-state index contributed by atoms with van der Waals surface area (Å²) in [7, 11) is 3.20. The average Bonchev–Trinajstić information content (AvgIpc) is 2.48. The Balaban J connectivity index is 2.26. The van der Waals surface area contributed by atoms with Gasteiger partial charge in [0.2, 0.25) is 5.88 Å². The van der Waals surface area contributed by atoms with E-state index in [9.17, 15) is 4.79 Å². The summed E-state index contributed by atoms with van der Waals surface area (Å²) < 4.78 is 10.4. The van der Waals surface area contributed by atoms with Crippen LogP contribution in [-0.4, -0.2) is 25.1 Å². The zero-order chi connectivity index (χ0) is 14.4. The van der Waals surface area contributed by atoms with Crippen LogP contribution in [0.25, 0.3) is 0 Å². The van der Waals surface area contributed by atoms with Crippen LogP contribution in [0, 0.1) is 0 Å². The van der Waals surface area contributed by atoms with E-state index < -0.39 is 5.97 Å². The molecule has 0 saturated heterocycles. The van der Waals surface area contributed by atoms with Crippen LogP contribution in [0.2, 0.25) is 0 Å². The average molecular weight is 272 g/mol. The van der Waals surface area contributed by atoms with Gasteiger partial charge in [0, 0.05) is 12.7 Å². The summed E-state index contributed by atoms with van der Waals surface area (Å²) in [6.45, 7) is 0.739. The van der Waals surface area contributed by atoms with E-state index in [0.717, 1.165) is 12.1 Å². The van der Waals surface area contributed by atoms with Gasteiger partial charge in [0.1, 0.15) is 11.3 Å². The Morgan fingerprint density at radius 3 is 2.90 bits per heavy atom. The van der Waals surface area contributed by atoms with Gasteiger partial charge in [0.25, 0.3) is 0 Å². The van der Waals surface area contributed by atoms with Gasteiger partial charge < -0.3 is 14.8 Å². The number of nitrogens with zero attached hydrogens (tertiary/aromatic N) is 1. The van der Waals surface area contributed by atoms with Gasteiger partial charge in [-0.15, -0.1) is 0 Å². The first-order valence-corrected chi connectivity index (χ1v) is 6.19. The SMILES string of the molecule is CNCc1cccc(Oc2ncccc2C(=O)OC)c1. The molecule has 0 radical (unpaired) electrons. The van der Waals surface area contributed by atoms with E-state index in [1.54, 1.807) is 18.3 Å². The van der Waals surface area contributed by atoms with Gasteiger partial charge in [-0.3, -0.25) is 0 Å². The molecule has 1 aromatic carbocycles. The second-order valence-corrected chi connectivity index (χ2v) is 4.13. The van der Waals surface area contributed by atoms with Gasteiger partial charge in [-0.25, -0.2) is 9.78 Å². The fourth-order valence-electron chi connectivity index (χ4n) is 1.77. The lowest BCUT2D eigenvalue weighted by Gasteiger charge is -2.09. The standard InChI is InChI=1S/C15H16N2O3/c1-16-10-11-5-3-6-12(9-11)20-14-13(15(18)19-2)7-4-8-17-14/h3-9,16H,10H2,1-2H3. The van der Waals surface area contributed by atoms with Gasteiger partial charge in [-0.05, 0) is 36.9 Å². The molecule has 2 aromatic rings. The lowest BCUT2D eigenvalue weighted by Crippen LogP contribution is -2.06. The first kappa shape index (κ1) is 14.0. The number of pyridine rings is 1. The smallest absolute Gasteiger partial charge is 0.343 e. The van der Waals surface area contributed by atoms with Crippen molar-refractivity contribution in [3.63, 3.8) is 0 Å². The van der Waals surface area contributed by atoms with Gasteiger partial charge in [-0.2, -0.15) is 0 Å². The molecule has 1 heterocycles. The third-order valence-electron chi connectivity index (χ3n) is 2.67. The molecule has 0 fully saturated rings. The topological polar surface area (TPSA) is 60.5 Å². The number of carbonyl (C=O) groups is 1. The first-order chi connectivity index (χ1) is 9.74. The number of carbonyl (C=O) groups excluding carboxylic acids is 1. The molecule has 0 saturated carbocycles. The lowest BCUT2D eigenvalue weighted by atomic mass is 10.2. The maximum absolute atomic E-state index is 11.6. The number of rotatable bonds is 5. The minimum atomic E-state index is -0.473. The van der Waals surface area contributed by atoms with Crippen LogP contribution < -0.4 is 10.1 Å². The third-order valence-corrected chi connectivity index (χ3v) is 2.67. The predicted molar refractivity (Wildman–Crippen MR) is 74.9 cm³/mol. The Morgan fingerprint density at radius 2 is 2.15 bits per heavy atom. The van der Waals surface area contributed by atoms with Crippen molar-refractivity contribution in [1.82, 2.24) is 10.3 Å². The van der Waals surface area contributed by atoms with Crippen molar-refractivity contribution in [2.75, 3.05) is 14.2 Å². The Labute approximate surface area is 117 Å². The Morgan fingerprint density at radius 1 is 1.30 bits per heavy atom. The second kappa shape index (κ2) is 6.68. The summed E-state index contributed by atoms with van der Waals surface area (Å²) in [6.07, 6.45) is 1.57. The number of ether oxygens (including phenoxy) is 2. The zero-order valence-electron chi connectivity index (χ0n) is 11.4. The summed E-state index contributed by atoms with van der Waals surface area (Å²) >= 11 is 0. The minimum absolute atomic E-state index is 0.237. The lowest BCUT2D eigenvalue weighted by molar-refractivity contribution is 0.0597. The molecule has 0 aliphatic carbocycles. The number of nitrogens with one attached hydrogen (secondary N) is 1. The summed E-state index contributed by atoms with van der Waals surface area (Å²) in [4.78, 5) is 15.7. The summed E-state index contributed by atoms with van der Waals surface area (Å²) in [6, 6.07) is 10.9. The van der Waals surface area contributed by atoms with Gasteiger partial charge in [0.05, 0.1) is 7.11 Å². The van der Waals surface area contributed by atoms with E-state index in [0.29, 0.717) is 11.3 Å². The monoisotopic (exact) mass is 272 g/mol. The van der Waals surface area contributed by atoms with E-state index in [1.807, 2.05) is 31.3 Å². The zero-order valence-corrected chi connectivity index (χ0v) is 11.4. The molecule has 0 spiro atoms. The van der Waals surface area contributed by atoms with Crippen molar-refractivity contribution >= 4 is 5.97 Å². The number of hydrogen-bond donors (Lipinski definition) is 1. The predicted octanol–water partition coefficient (Wildman–Crippen LogP) is 2.38. The van der Waals surface area contributed by atoms with E-state index >= 15 is 0 Å². The maximum atomic E-state index is 11.6. The minimum Gasteiger partial charge on any atom is -0.465 e. The summed E-state index contributed by atoms with van der Waals surface area (Å²) in [5.41, 5.74) is 1.38. The first-order valence-electron chi connectivity index (χ1n) is 6.19. The molecule has 0 amide bonds. The highest BCUT2D eigenvalue weighted by atomic mass is 16.5. The van der Waals surface area contributed by atoms with Crippen LogP contribution >= 0.6 is 0 Å². The van der Waals surface area contributed by atoms with E-state index in [-0.39, 0.29) is 5.88 Å². The van der Waals surface area contributed by atoms with Crippen molar-refractivity contribution in [3.8, 4) is 11.6 Å². The van der Waals surface area contributed by atoms with Crippen LogP contribution in [0.1, 0.15) is 15.9 Å². The maximum Gasteiger partial charge on any atom is 0.343 e. The van der Waals surface area contributed by atoms with E-state index in [1.165, 1.54) is 7.11 Å². The normalized spacial score (nSPS) is 10.1. The highest BCUT2D eigenvalue weighted by Crippen LogP contribution is 2.24. The molecular weight excluding hydrogens is 256 g/mol. The molecule has 0 unspecified atom stereocenters. The molecule has 0 aliphatic heterocycles. The van der Waals surface area contributed by atoms with Gasteiger partial charge in [-0.1, -0.05) is 12.1 Å². The highest BCUT2D eigenvalue weighted by Gasteiger charge is 2.14. The number of methoxy groups -OCH3 is 1. The van der Waals surface area contributed by atoms with Crippen LogP contribution in [0.15, 0.2) is 42.6 Å². The third kappa shape index (κ3) is 3.33. The Hall–Kier alpha value is -2.40. The van der Waals surface area contributed by atoms with E-state index in [2.05, 4.69) is 10.3 Å². The molecule has 1 N–H and O–H groups in total. The number of aromatic nitrogens is 1. The fourth-order valence-corrected chi connectivity index (χ4v) is 1.77. The van der Waals surface area contributed by atoms with Crippen LogP contribution in [-0.2, 0) is 11.3 Å². The molecular formula is C15H16N2O3. The molecule has 1 aromatic heterocycles. The number of benzene rings is 1. The molecule has 104 valence electrons. The number of esters is 1. The molecule has 5 heteroatoms. The molecule has 0 bridgehead atoms.